The number of ether oxygens (including phenoxy) is 2. The molecule has 0 aromatic carbocycles. The van der Waals surface area contributed by atoms with E-state index in [1.165, 1.54) is 10.6 Å². The molecule has 8 nitrogen and oxygen atoms in total. The van der Waals surface area contributed by atoms with E-state index in [0.717, 1.165) is 11.3 Å². The van der Waals surface area contributed by atoms with Crippen molar-refractivity contribution in [1.82, 2.24) is 19.7 Å². The maximum atomic E-state index is 12.4. The van der Waals surface area contributed by atoms with Gasteiger partial charge in [-0.3, -0.25) is 14.3 Å². The fourth-order valence-corrected chi connectivity index (χ4v) is 2.95. The predicted octanol–water partition coefficient (Wildman–Crippen LogP) is 0.272. The van der Waals surface area contributed by atoms with Gasteiger partial charge >= 0.3 is 0 Å². The Balaban J connectivity index is 1.69. The largest absolute Gasteiger partial charge is 0.383 e. The van der Waals surface area contributed by atoms with Gasteiger partial charge in [-0.25, -0.2) is 0 Å². The number of methoxy groups -OCH3 is 1. The van der Waals surface area contributed by atoms with Crippen LogP contribution in [0.1, 0.15) is 27.7 Å². The third kappa shape index (κ3) is 3.64. The van der Waals surface area contributed by atoms with E-state index < -0.39 is 0 Å². The van der Waals surface area contributed by atoms with Crippen LogP contribution >= 0.6 is 0 Å². The lowest BCUT2D eigenvalue weighted by atomic mass is 9.98. The first-order chi connectivity index (χ1) is 12.1. The number of rotatable bonds is 6. The van der Waals surface area contributed by atoms with E-state index in [1.54, 1.807) is 26.3 Å². The summed E-state index contributed by atoms with van der Waals surface area (Å²) in [4.78, 5) is 24.0. The number of amides is 1. The normalized spacial score (nSPS) is 16.5. The molecule has 1 amide bonds. The molecule has 0 saturated carbocycles. The lowest BCUT2D eigenvalue weighted by Crippen LogP contribution is -2.35. The van der Waals surface area contributed by atoms with Crippen molar-refractivity contribution in [3.8, 4) is 0 Å². The molecule has 0 radical (unpaired) electrons. The van der Waals surface area contributed by atoms with E-state index in [4.69, 9.17) is 9.47 Å². The molecule has 1 aliphatic rings. The summed E-state index contributed by atoms with van der Waals surface area (Å²) in [5, 5.41) is 7.28. The molecule has 1 atom stereocenters. The molecule has 8 heteroatoms. The lowest BCUT2D eigenvalue weighted by molar-refractivity contribution is 0.0793. The van der Waals surface area contributed by atoms with E-state index in [-0.39, 0.29) is 17.4 Å². The van der Waals surface area contributed by atoms with Gasteiger partial charge in [-0.1, -0.05) is 6.07 Å². The Labute approximate surface area is 145 Å². The first kappa shape index (κ1) is 17.4. The number of hydrogen-bond donors (Lipinski definition) is 1. The van der Waals surface area contributed by atoms with E-state index in [1.807, 2.05) is 10.9 Å². The van der Waals surface area contributed by atoms with Crippen LogP contribution in [-0.2, 0) is 29.7 Å². The minimum atomic E-state index is -0.279. The van der Waals surface area contributed by atoms with Crippen molar-refractivity contribution >= 4 is 5.91 Å². The number of nitrogens with one attached hydrogen (secondary N) is 1. The second kappa shape index (κ2) is 7.62. The number of fused-ring (bicyclic) bond motifs is 1. The summed E-state index contributed by atoms with van der Waals surface area (Å²) in [6.07, 6.45) is 1.84. The van der Waals surface area contributed by atoms with Gasteiger partial charge in [0.25, 0.3) is 11.5 Å². The number of hydrogen-bond acceptors (Lipinski definition) is 5. The molecule has 0 bridgehead atoms. The number of carbonyl (C=O) groups excluding carboxylic acids is 1. The molecule has 134 valence electrons. The molecule has 0 fully saturated rings. The maximum absolute atomic E-state index is 12.4. The van der Waals surface area contributed by atoms with E-state index in [9.17, 15) is 9.59 Å². The molecule has 0 spiro atoms. The van der Waals surface area contributed by atoms with E-state index in [0.29, 0.717) is 38.6 Å². The Hall–Kier alpha value is -2.45. The Morgan fingerprint density at radius 1 is 1.48 bits per heavy atom. The van der Waals surface area contributed by atoms with Gasteiger partial charge in [0, 0.05) is 38.2 Å². The second-order valence-corrected chi connectivity index (χ2v) is 5.99. The van der Waals surface area contributed by atoms with Crippen molar-refractivity contribution in [1.29, 1.82) is 0 Å². The van der Waals surface area contributed by atoms with Crippen LogP contribution < -0.4 is 10.9 Å². The van der Waals surface area contributed by atoms with Gasteiger partial charge in [-0.2, -0.15) is 5.10 Å². The SMILES string of the molecule is COCCn1ncc2c1COCC2CNC(=O)c1cccc(=O)n1C. The summed E-state index contributed by atoms with van der Waals surface area (Å²) < 4.78 is 14.0. The molecule has 2 aromatic heterocycles. The molecule has 1 N–H and O–H groups in total. The van der Waals surface area contributed by atoms with Gasteiger partial charge in [0.1, 0.15) is 5.69 Å². The molecule has 2 aromatic rings. The van der Waals surface area contributed by atoms with Crippen LogP contribution in [0.5, 0.6) is 0 Å². The van der Waals surface area contributed by atoms with Crippen molar-refractivity contribution < 1.29 is 14.3 Å². The third-order valence-corrected chi connectivity index (χ3v) is 4.41. The zero-order chi connectivity index (χ0) is 17.8. The fourth-order valence-electron chi connectivity index (χ4n) is 2.95. The number of carbonyl (C=O) groups is 1. The van der Waals surface area contributed by atoms with Gasteiger partial charge in [0.05, 0.1) is 38.3 Å². The Morgan fingerprint density at radius 3 is 3.12 bits per heavy atom. The fraction of sp³-hybridized carbons (Fsp3) is 0.471. The highest BCUT2D eigenvalue weighted by Gasteiger charge is 2.25. The van der Waals surface area contributed by atoms with Crippen molar-refractivity contribution in [2.24, 2.45) is 7.05 Å². The average molecular weight is 346 g/mol. The number of aromatic nitrogens is 3. The van der Waals surface area contributed by atoms with Crippen molar-refractivity contribution in [2.75, 3.05) is 26.9 Å². The third-order valence-electron chi connectivity index (χ3n) is 4.41. The standard InChI is InChI=1S/C17H22N4O4/c1-20-14(4-3-5-16(20)22)17(23)18-8-12-10-25-11-15-13(12)9-19-21(15)6-7-24-2/h3-5,9,12H,6-8,10-11H2,1-2H3,(H,18,23). The van der Waals surface area contributed by atoms with Crippen LogP contribution in [0.2, 0.25) is 0 Å². The number of pyridine rings is 1. The molecule has 0 aliphatic carbocycles. The molecule has 3 heterocycles. The topological polar surface area (TPSA) is 87.4 Å². The Morgan fingerprint density at radius 2 is 2.32 bits per heavy atom. The van der Waals surface area contributed by atoms with Gasteiger partial charge < -0.3 is 19.4 Å². The van der Waals surface area contributed by atoms with Crippen LogP contribution in [0.25, 0.3) is 0 Å². The smallest absolute Gasteiger partial charge is 0.268 e. The van der Waals surface area contributed by atoms with Crippen LogP contribution in [0, 0.1) is 0 Å². The molecule has 1 aliphatic heterocycles. The van der Waals surface area contributed by atoms with Crippen LogP contribution in [0.15, 0.2) is 29.2 Å². The van der Waals surface area contributed by atoms with Crippen LogP contribution in [0.3, 0.4) is 0 Å². The van der Waals surface area contributed by atoms with Gasteiger partial charge in [-0.05, 0) is 6.07 Å². The zero-order valence-electron chi connectivity index (χ0n) is 14.4. The summed E-state index contributed by atoms with van der Waals surface area (Å²) in [6.45, 7) is 2.70. The molecule has 1 unspecified atom stereocenters. The first-order valence-corrected chi connectivity index (χ1v) is 8.17. The quantitative estimate of drug-likeness (QED) is 0.811. The van der Waals surface area contributed by atoms with E-state index >= 15 is 0 Å². The summed E-state index contributed by atoms with van der Waals surface area (Å²) >= 11 is 0. The number of nitrogens with zero attached hydrogens (tertiary/aromatic N) is 3. The molecular weight excluding hydrogens is 324 g/mol. The van der Waals surface area contributed by atoms with Gasteiger partial charge in [0.15, 0.2) is 0 Å². The monoisotopic (exact) mass is 346 g/mol. The van der Waals surface area contributed by atoms with Crippen molar-refractivity contribution in [2.45, 2.75) is 19.1 Å². The summed E-state index contributed by atoms with van der Waals surface area (Å²) in [5.74, 6) is -0.246. The summed E-state index contributed by atoms with van der Waals surface area (Å²) in [5.41, 5.74) is 2.23. The average Bonchev–Trinajstić information content (AvgIpc) is 3.04. The molecule has 3 rings (SSSR count). The highest BCUT2D eigenvalue weighted by Crippen LogP contribution is 2.26. The Kier molecular flexibility index (Phi) is 5.30. The zero-order valence-corrected chi connectivity index (χ0v) is 14.4. The van der Waals surface area contributed by atoms with Gasteiger partial charge in [0.2, 0.25) is 0 Å². The molecule has 25 heavy (non-hydrogen) atoms. The minimum Gasteiger partial charge on any atom is -0.383 e. The molecular formula is C17H22N4O4. The van der Waals surface area contributed by atoms with Gasteiger partial charge in [-0.15, -0.1) is 0 Å². The summed E-state index contributed by atoms with van der Waals surface area (Å²) in [7, 11) is 3.24. The predicted molar refractivity (Wildman–Crippen MR) is 90.5 cm³/mol. The lowest BCUT2D eigenvalue weighted by Gasteiger charge is -2.24. The Bertz CT molecular complexity index is 811. The molecule has 0 saturated heterocycles. The first-order valence-electron chi connectivity index (χ1n) is 8.17. The van der Waals surface area contributed by atoms with Crippen molar-refractivity contribution in [3.05, 3.63) is 51.7 Å². The highest BCUT2D eigenvalue weighted by atomic mass is 16.5. The van der Waals surface area contributed by atoms with E-state index in [2.05, 4.69) is 10.4 Å². The second-order valence-electron chi connectivity index (χ2n) is 5.99. The highest BCUT2D eigenvalue weighted by molar-refractivity contribution is 5.92. The maximum Gasteiger partial charge on any atom is 0.268 e. The minimum absolute atomic E-state index is 0.0322. The van der Waals surface area contributed by atoms with Crippen LogP contribution in [0.4, 0.5) is 0 Å². The summed E-state index contributed by atoms with van der Waals surface area (Å²) in [6, 6.07) is 4.63. The van der Waals surface area contributed by atoms with Crippen LogP contribution in [-0.4, -0.2) is 47.1 Å². The van der Waals surface area contributed by atoms with Crippen molar-refractivity contribution in [3.63, 3.8) is 0 Å².